The summed E-state index contributed by atoms with van der Waals surface area (Å²) in [6.45, 7) is -1.52. The lowest BCUT2D eigenvalue weighted by atomic mass is 9.88. The standard InChI is InChI=1S/C27H30O15/c28-6-14-18(33)21(36)23(38)26(41-14)9-4-12(32)16-13(5-9)40-25(8-1-2-10(30)11(31)3-8)17(20(16)35)27-24(39)22(37)19(34)15(7-29)42-27/h1-5,14-15,18-19,21-24,26-34,36-39H,6-7H2/t14-,15-,18+,19+,21+,22+,23-,24-,26+,27+/m1/s1. The molecule has 2 saturated heterocycles. The van der Waals surface area contributed by atoms with Gasteiger partial charge in [-0.25, -0.2) is 0 Å². The molecule has 11 N–H and O–H groups in total. The van der Waals surface area contributed by atoms with E-state index in [-0.39, 0.29) is 22.5 Å². The minimum atomic E-state index is -1.93. The van der Waals surface area contributed by atoms with Crippen molar-refractivity contribution in [2.24, 2.45) is 0 Å². The SMILES string of the molecule is O=c1c([C@@H]2O[C@H](CO)[C@H](O)[C@H](O)[C@H]2O)c(-c2ccc(O)c(O)c2)oc2cc([C@@H]3O[C@H](CO)[C@H](O)[C@H](O)[C@H]3O)cc(O)c12. The topological polar surface area (TPSA) is 271 Å². The largest absolute Gasteiger partial charge is 0.507 e. The number of benzene rings is 2. The lowest BCUT2D eigenvalue weighted by Crippen LogP contribution is -2.55. The zero-order chi connectivity index (χ0) is 30.6. The third kappa shape index (κ3) is 4.88. The summed E-state index contributed by atoms with van der Waals surface area (Å²) >= 11 is 0. The first-order valence-electron chi connectivity index (χ1n) is 12.9. The predicted octanol–water partition coefficient (Wildman–Crippen LogP) is -2.39. The van der Waals surface area contributed by atoms with Gasteiger partial charge in [0.25, 0.3) is 0 Å². The average molecular weight is 595 g/mol. The molecule has 0 saturated carbocycles. The molecule has 228 valence electrons. The van der Waals surface area contributed by atoms with Crippen molar-refractivity contribution in [1.82, 2.24) is 0 Å². The second-order valence-corrected chi connectivity index (χ2v) is 10.3. The van der Waals surface area contributed by atoms with E-state index in [1.165, 1.54) is 12.1 Å². The maximum Gasteiger partial charge on any atom is 0.203 e. The van der Waals surface area contributed by atoms with Gasteiger partial charge in [0.05, 0.1) is 18.8 Å². The smallest absolute Gasteiger partial charge is 0.203 e. The Hall–Kier alpha value is -3.35. The van der Waals surface area contributed by atoms with Crippen LogP contribution in [-0.4, -0.2) is 118 Å². The van der Waals surface area contributed by atoms with Crippen molar-refractivity contribution in [2.45, 2.75) is 61.0 Å². The number of aromatic hydroxyl groups is 3. The van der Waals surface area contributed by atoms with Crippen LogP contribution >= 0.6 is 0 Å². The van der Waals surface area contributed by atoms with Crippen molar-refractivity contribution in [1.29, 1.82) is 0 Å². The van der Waals surface area contributed by atoms with Gasteiger partial charge in [0.2, 0.25) is 5.43 Å². The number of aliphatic hydroxyl groups is 8. The molecular weight excluding hydrogens is 564 g/mol. The molecule has 0 spiro atoms. The predicted molar refractivity (Wildman–Crippen MR) is 138 cm³/mol. The van der Waals surface area contributed by atoms with Crippen molar-refractivity contribution in [3.63, 3.8) is 0 Å². The molecule has 0 aliphatic carbocycles. The average Bonchev–Trinajstić information content (AvgIpc) is 2.96. The van der Waals surface area contributed by atoms with Crippen LogP contribution in [0.15, 0.2) is 39.5 Å². The molecule has 1 aromatic heterocycles. The molecule has 0 bridgehead atoms. The van der Waals surface area contributed by atoms with Crippen LogP contribution in [-0.2, 0) is 9.47 Å². The van der Waals surface area contributed by atoms with Crippen LogP contribution in [0.1, 0.15) is 23.3 Å². The molecule has 42 heavy (non-hydrogen) atoms. The zero-order valence-electron chi connectivity index (χ0n) is 21.6. The summed E-state index contributed by atoms with van der Waals surface area (Å²) in [5, 5.41) is 112. The number of hydrogen-bond acceptors (Lipinski definition) is 15. The molecular formula is C27H30O15. The maximum absolute atomic E-state index is 14.0. The summed E-state index contributed by atoms with van der Waals surface area (Å²) in [6.07, 6.45) is -16.5. The van der Waals surface area contributed by atoms with Gasteiger partial charge in [0.15, 0.2) is 11.5 Å². The number of phenolic OH excluding ortho intramolecular Hbond substituents is 3. The van der Waals surface area contributed by atoms with E-state index in [9.17, 15) is 61.0 Å². The van der Waals surface area contributed by atoms with E-state index in [0.29, 0.717) is 0 Å². The molecule has 2 fully saturated rings. The summed E-state index contributed by atoms with van der Waals surface area (Å²) in [5.74, 6) is -2.21. The Morgan fingerprint density at radius 3 is 1.79 bits per heavy atom. The maximum atomic E-state index is 14.0. The first-order chi connectivity index (χ1) is 19.9. The van der Waals surface area contributed by atoms with E-state index in [1.807, 2.05) is 0 Å². The van der Waals surface area contributed by atoms with Gasteiger partial charge in [-0.2, -0.15) is 0 Å². The minimum absolute atomic E-state index is 0.0276. The Morgan fingerprint density at radius 1 is 0.643 bits per heavy atom. The Bertz CT molecular complexity index is 1520. The van der Waals surface area contributed by atoms with Crippen molar-refractivity contribution in [3.05, 3.63) is 51.7 Å². The summed E-state index contributed by atoms with van der Waals surface area (Å²) in [6, 6.07) is 5.55. The Labute approximate surface area is 235 Å². The number of phenols is 3. The Kier molecular flexibility index (Phi) is 8.16. The second-order valence-electron chi connectivity index (χ2n) is 10.3. The third-order valence-corrected chi connectivity index (χ3v) is 7.67. The number of fused-ring (bicyclic) bond motifs is 1. The van der Waals surface area contributed by atoms with Crippen LogP contribution in [0.5, 0.6) is 17.2 Å². The lowest BCUT2D eigenvalue weighted by Gasteiger charge is -2.40. The molecule has 2 aromatic carbocycles. The molecule has 0 amide bonds. The zero-order valence-corrected chi connectivity index (χ0v) is 21.6. The summed E-state index contributed by atoms with van der Waals surface area (Å²) in [7, 11) is 0. The highest BCUT2D eigenvalue weighted by Crippen LogP contribution is 2.42. The van der Waals surface area contributed by atoms with Gasteiger partial charge in [0, 0.05) is 5.56 Å². The van der Waals surface area contributed by atoms with E-state index < -0.39 is 108 Å². The van der Waals surface area contributed by atoms with Crippen molar-refractivity contribution >= 4 is 11.0 Å². The highest BCUT2D eigenvalue weighted by molar-refractivity contribution is 5.87. The van der Waals surface area contributed by atoms with Crippen LogP contribution < -0.4 is 5.43 Å². The van der Waals surface area contributed by atoms with Crippen LogP contribution in [0, 0.1) is 0 Å². The first-order valence-corrected chi connectivity index (χ1v) is 12.9. The summed E-state index contributed by atoms with van der Waals surface area (Å²) < 4.78 is 17.1. The van der Waals surface area contributed by atoms with E-state index >= 15 is 0 Å². The molecule has 10 atom stereocenters. The van der Waals surface area contributed by atoms with Gasteiger partial charge in [-0.15, -0.1) is 0 Å². The molecule has 0 radical (unpaired) electrons. The summed E-state index contributed by atoms with van der Waals surface area (Å²) in [4.78, 5) is 14.0. The van der Waals surface area contributed by atoms with Gasteiger partial charge in [-0.1, -0.05) is 0 Å². The molecule has 3 heterocycles. The number of rotatable bonds is 5. The first kappa shape index (κ1) is 30.1. The lowest BCUT2D eigenvalue weighted by molar-refractivity contribution is -0.232. The molecule has 15 heteroatoms. The molecule has 2 aliphatic rings. The minimum Gasteiger partial charge on any atom is -0.507 e. The summed E-state index contributed by atoms with van der Waals surface area (Å²) in [5.41, 5.74) is -1.83. The Morgan fingerprint density at radius 2 is 1.21 bits per heavy atom. The van der Waals surface area contributed by atoms with E-state index in [4.69, 9.17) is 13.9 Å². The van der Waals surface area contributed by atoms with E-state index in [0.717, 1.165) is 18.2 Å². The third-order valence-electron chi connectivity index (χ3n) is 7.67. The normalized spacial score (nSPS) is 33.6. The molecule has 3 aromatic rings. The van der Waals surface area contributed by atoms with Crippen LogP contribution in [0.2, 0.25) is 0 Å². The van der Waals surface area contributed by atoms with Gasteiger partial charge in [-0.3, -0.25) is 4.79 Å². The highest BCUT2D eigenvalue weighted by atomic mass is 16.6. The quantitative estimate of drug-likeness (QED) is 0.138. The number of hydrogen-bond donors (Lipinski definition) is 11. The highest BCUT2D eigenvalue weighted by Gasteiger charge is 2.47. The van der Waals surface area contributed by atoms with Gasteiger partial charge in [0.1, 0.15) is 83.5 Å². The van der Waals surface area contributed by atoms with Crippen molar-refractivity contribution < 1.29 is 70.1 Å². The molecule has 2 aliphatic heterocycles. The van der Waals surface area contributed by atoms with E-state index in [2.05, 4.69) is 0 Å². The van der Waals surface area contributed by atoms with Crippen molar-refractivity contribution in [3.8, 4) is 28.6 Å². The fraction of sp³-hybridized carbons (Fsp3) is 0.444. The Balaban J connectivity index is 1.74. The van der Waals surface area contributed by atoms with Gasteiger partial charge in [-0.05, 0) is 35.9 Å². The van der Waals surface area contributed by atoms with Crippen LogP contribution in [0.25, 0.3) is 22.3 Å². The van der Waals surface area contributed by atoms with Crippen molar-refractivity contribution in [2.75, 3.05) is 13.2 Å². The van der Waals surface area contributed by atoms with Gasteiger partial charge < -0.3 is 70.1 Å². The van der Waals surface area contributed by atoms with E-state index in [1.54, 1.807) is 0 Å². The fourth-order valence-electron chi connectivity index (χ4n) is 5.35. The molecule has 15 nitrogen and oxygen atoms in total. The monoisotopic (exact) mass is 594 g/mol. The second kappa shape index (κ2) is 11.4. The molecule has 5 rings (SSSR count). The molecule has 0 unspecified atom stereocenters. The number of ether oxygens (including phenoxy) is 2. The number of aliphatic hydroxyl groups excluding tert-OH is 8. The van der Waals surface area contributed by atoms with Gasteiger partial charge >= 0.3 is 0 Å². The fourth-order valence-corrected chi connectivity index (χ4v) is 5.35. The van der Waals surface area contributed by atoms with Crippen LogP contribution in [0.4, 0.5) is 0 Å². The van der Waals surface area contributed by atoms with Crippen LogP contribution in [0.3, 0.4) is 0 Å².